The van der Waals surface area contributed by atoms with E-state index >= 15 is 0 Å². The number of nitrogens with zero attached hydrogens (tertiary/aromatic N) is 4. The number of nitrogen functional groups attached to an aromatic ring is 1. The second-order valence-corrected chi connectivity index (χ2v) is 10.9. The van der Waals surface area contributed by atoms with E-state index in [4.69, 9.17) is 15.2 Å². The monoisotopic (exact) mass is 507 g/mol. The zero-order valence-corrected chi connectivity index (χ0v) is 22.0. The molecule has 2 fully saturated rings. The van der Waals surface area contributed by atoms with Crippen molar-refractivity contribution in [3.05, 3.63) is 48.4 Å². The Morgan fingerprint density at radius 3 is 2.68 bits per heavy atom. The third-order valence-corrected chi connectivity index (χ3v) is 7.25. The van der Waals surface area contributed by atoms with Gasteiger partial charge in [-0.1, -0.05) is 32.9 Å². The fraction of sp³-hybridized carbons (Fsp3) is 0.519. The Kier molecular flexibility index (Phi) is 7.06. The van der Waals surface area contributed by atoms with Crippen LogP contribution < -0.4 is 16.4 Å². The van der Waals surface area contributed by atoms with Gasteiger partial charge in [0.05, 0.1) is 17.6 Å². The van der Waals surface area contributed by atoms with Crippen LogP contribution in [-0.4, -0.2) is 63.5 Å². The summed E-state index contributed by atoms with van der Waals surface area (Å²) in [5.74, 6) is 0.468. The Labute approximate surface area is 217 Å². The van der Waals surface area contributed by atoms with Gasteiger partial charge < -0.3 is 30.4 Å². The van der Waals surface area contributed by atoms with Crippen molar-refractivity contribution in [2.24, 2.45) is 0 Å². The zero-order valence-electron chi connectivity index (χ0n) is 22.0. The summed E-state index contributed by atoms with van der Waals surface area (Å²) in [5, 5.41) is 6.68. The third-order valence-electron chi connectivity index (χ3n) is 7.25. The van der Waals surface area contributed by atoms with Crippen molar-refractivity contribution in [1.82, 2.24) is 24.8 Å². The highest BCUT2D eigenvalue weighted by atomic mass is 16.6. The van der Waals surface area contributed by atoms with Crippen molar-refractivity contribution in [3.8, 4) is 0 Å². The summed E-state index contributed by atoms with van der Waals surface area (Å²) in [5.41, 5.74) is 8.86. The predicted octanol–water partition coefficient (Wildman–Crippen LogP) is 3.86. The molecule has 0 radical (unpaired) electrons. The van der Waals surface area contributed by atoms with Crippen LogP contribution in [0.15, 0.2) is 42.9 Å². The summed E-state index contributed by atoms with van der Waals surface area (Å²) in [6.07, 6.45) is 4.84. The molecular formula is C27H37N7O3. The lowest BCUT2D eigenvalue weighted by molar-refractivity contribution is -0.167. The number of ether oxygens (including phenoxy) is 2. The molecule has 4 atom stereocenters. The van der Waals surface area contributed by atoms with Crippen molar-refractivity contribution < 1.29 is 14.3 Å². The molecule has 37 heavy (non-hydrogen) atoms. The van der Waals surface area contributed by atoms with E-state index in [9.17, 15) is 4.79 Å². The van der Waals surface area contributed by atoms with E-state index in [-0.39, 0.29) is 36.1 Å². The predicted molar refractivity (Wildman–Crippen MR) is 143 cm³/mol. The molecule has 0 saturated carbocycles. The average Bonchev–Trinajstić information content (AvgIpc) is 3.46. The van der Waals surface area contributed by atoms with Crippen LogP contribution in [0.2, 0.25) is 0 Å². The number of hydrogen-bond donors (Lipinski definition) is 3. The molecule has 0 spiro atoms. The number of benzene rings is 1. The molecule has 4 unspecified atom stereocenters. The van der Waals surface area contributed by atoms with E-state index in [1.807, 2.05) is 29.0 Å². The normalized spacial score (nSPS) is 24.2. The Bertz CT molecular complexity index is 1240. The minimum Gasteiger partial charge on any atom is -0.383 e. The maximum atomic E-state index is 12.3. The van der Waals surface area contributed by atoms with Crippen LogP contribution in [0.25, 0.3) is 11.0 Å². The van der Waals surface area contributed by atoms with E-state index in [1.165, 1.54) is 11.9 Å². The molecule has 2 aromatic heterocycles. The number of nitrogens with one attached hydrogen (secondary N) is 2. The van der Waals surface area contributed by atoms with Gasteiger partial charge >= 0.3 is 6.03 Å². The Morgan fingerprint density at radius 1 is 1.14 bits per heavy atom. The Morgan fingerprint density at radius 2 is 1.92 bits per heavy atom. The van der Waals surface area contributed by atoms with Crippen LogP contribution in [0.4, 0.5) is 16.3 Å². The maximum absolute atomic E-state index is 12.3. The lowest BCUT2D eigenvalue weighted by Crippen LogP contribution is -2.52. The van der Waals surface area contributed by atoms with Gasteiger partial charge in [0.2, 0.25) is 0 Å². The minimum atomic E-state index is -0.197. The molecule has 5 rings (SSSR count). The summed E-state index contributed by atoms with van der Waals surface area (Å²) in [6, 6.07) is 9.72. The van der Waals surface area contributed by atoms with E-state index in [0.717, 1.165) is 42.7 Å². The number of hydrogen-bond acceptors (Lipinski definition) is 7. The van der Waals surface area contributed by atoms with Gasteiger partial charge in [-0.3, -0.25) is 4.90 Å². The van der Waals surface area contributed by atoms with Crippen molar-refractivity contribution in [1.29, 1.82) is 0 Å². The van der Waals surface area contributed by atoms with Gasteiger partial charge in [0.1, 0.15) is 30.2 Å². The summed E-state index contributed by atoms with van der Waals surface area (Å²) >= 11 is 0. The number of urea groups is 1. The second-order valence-electron chi connectivity index (χ2n) is 10.9. The van der Waals surface area contributed by atoms with Gasteiger partial charge in [-0.15, -0.1) is 0 Å². The fourth-order valence-corrected chi connectivity index (χ4v) is 5.11. The minimum absolute atomic E-state index is 0.0156. The third kappa shape index (κ3) is 5.56. The van der Waals surface area contributed by atoms with Crippen LogP contribution in [0, 0.1) is 0 Å². The van der Waals surface area contributed by atoms with Crippen molar-refractivity contribution in [2.45, 2.75) is 70.6 Å². The lowest BCUT2D eigenvalue weighted by Gasteiger charge is -2.39. The van der Waals surface area contributed by atoms with Crippen LogP contribution >= 0.6 is 0 Å². The largest absolute Gasteiger partial charge is 0.383 e. The number of rotatable bonds is 6. The number of carbonyl (C=O) groups is 1. The molecule has 0 bridgehead atoms. The molecular weight excluding hydrogens is 470 g/mol. The van der Waals surface area contributed by atoms with Crippen molar-refractivity contribution >= 4 is 28.6 Å². The number of nitrogens with two attached hydrogens (primary N) is 1. The second kappa shape index (κ2) is 10.3. The molecule has 2 aliphatic rings. The molecule has 10 nitrogen and oxygen atoms in total. The van der Waals surface area contributed by atoms with Gasteiger partial charge in [0.25, 0.3) is 0 Å². The molecule has 198 valence electrons. The number of carbonyl (C=O) groups excluding carboxylic acids is 1. The van der Waals surface area contributed by atoms with Gasteiger partial charge in [-0.25, -0.2) is 14.8 Å². The summed E-state index contributed by atoms with van der Waals surface area (Å²) < 4.78 is 14.7. The summed E-state index contributed by atoms with van der Waals surface area (Å²) in [6.45, 7) is 10.7. The quantitative estimate of drug-likeness (QED) is 0.434. The van der Waals surface area contributed by atoms with Gasteiger partial charge in [0.15, 0.2) is 0 Å². The van der Waals surface area contributed by atoms with Crippen molar-refractivity contribution in [3.63, 3.8) is 0 Å². The first-order chi connectivity index (χ1) is 17.7. The number of aromatic nitrogens is 3. The van der Waals surface area contributed by atoms with Gasteiger partial charge in [-0.05, 0) is 42.5 Å². The van der Waals surface area contributed by atoms with E-state index in [1.54, 1.807) is 0 Å². The van der Waals surface area contributed by atoms with Crippen LogP contribution in [-0.2, 0) is 14.9 Å². The van der Waals surface area contributed by atoms with Gasteiger partial charge in [0, 0.05) is 37.9 Å². The summed E-state index contributed by atoms with van der Waals surface area (Å²) in [7, 11) is 0. The molecule has 10 heteroatoms. The molecule has 0 aliphatic carbocycles. The zero-order chi connectivity index (χ0) is 26.2. The molecule has 2 aliphatic heterocycles. The average molecular weight is 508 g/mol. The molecule has 2 saturated heterocycles. The fourth-order valence-electron chi connectivity index (χ4n) is 5.11. The highest BCUT2D eigenvalue weighted by Gasteiger charge is 2.43. The Balaban J connectivity index is 1.08. The summed E-state index contributed by atoms with van der Waals surface area (Å²) in [4.78, 5) is 23.1. The van der Waals surface area contributed by atoms with Crippen LogP contribution in [0.1, 0.15) is 52.3 Å². The van der Waals surface area contributed by atoms with E-state index < -0.39 is 0 Å². The highest BCUT2D eigenvalue weighted by Crippen LogP contribution is 2.37. The molecule has 4 N–H and O–H groups in total. The number of anilines is 2. The molecule has 4 heterocycles. The smallest absolute Gasteiger partial charge is 0.319 e. The molecule has 1 aromatic carbocycles. The van der Waals surface area contributed by atoms with Gasteiger partial charge in [-0.2, -0.15) is 0 Å². The van der Waals surface area contributed by atoms with E-state index in [2.05, 4.69) is 65.3 Å². The first-order valence-electron chi connectivity index (χ1n) is 13.0. The molecule has 2 amide bonds. The first kappa shape index (κ1) is 25.4. The van der Waals surface area contributed by atoms with Crippen molar-refractivity contribution in [2.75, 3.05) is 30.7 Å². The standard InChI is InChI=1S/C27H37N7O3/c1-17-33(12-5-11-29-26(35)32-19-8-6-18(7-9-19)27(2,3)4)15-22-21(36-17)14-23(37-22)34-13-10-20-24(28)30-16-31-25(20)34/h6-10,13,16-17,21-23H,5,11-12,14-15H2,1-4H3,(H2,28,30,31)(H2,29,32,35). The SMILES string of the molecule is CC1OC2CC(n3ccc4c(N)ncnc43)OC2CN1CCCNC(=O)Nc1ccc(C(C)(C)C)cc1. The highest BCUT2D eigenvalue weighted by molar-refractivity contribution is 5.89. The van der Waals surface area contributed by atoms with E-state index in [0.29, 0.717) is 12.4 Å². The number of fused-ring (bicyclic) bond motifs is 2. The maximum Gasteiger partial charge on any atom is 0.319 e. The Hall–Kier alpha value is -3.21. The topological polar surface area (TPSA) is 120 Å². The van der Waals surface area contributed by atoms with Crippen LogP contribution in [0.3, 0.4) is 0 Å². The lowest BCUT2D eigenvalue weighted by atomic mass is 9.87. The van der Waals surface area contributed by atoms with Crippen LogP contribution in [0.5, 0.6) is 0 Å². The molecule has 3 aromatic rings. The number of amides is 2. The first-order valence-corrected chi connectivity index (χ1v) is 13.0.